The lowest BCUT2D eigenvalue weighted by Crippen LogP contribution is -2.50. The van der Waals surface area contributed by atoms with Gasteiger partial charge in [0.1, 0.15) is 0 Å². The number of nitrogens with one attached hydrogen (secondary N) is 1. The Kier molecular flexibility index (Phi) is 6.10. The smallest absolute Gasteiger partial charge is 0.234 e. The molecule has 2 rings (SSSR count). The fourth-order valence-corrected chi connectivity index (χ4v) is 2.97. The van der Waals surface area contributed by atoms with E-state index in [0.717, 1.165) is 19.4 Å². The van der Waals surface area contributed by atoms with Gasteiger partial charge in [0.15, 0.2) is 5.78 Å². The molecule has 2 unspecified atom stereocenters. The predicted octanol–water partition coefficient (Wildman–Crippen LogP) is 1.08. The molecule has 1 aromatic carbocycles. The lowest BCUT2D eigenvalue weighted by atomic mass is 9.91. The normalized spacial score (nSPS) is 22.3. The van der Waals surface area contributed by atoms with Crippen molar-refractivity contribution >= 4 is 11.7 Å². The Labute approximate surface area is 131 Å². The van der Waals surface area contributed by atoms with Crippen LogP contribution < -0.4 is 5.32 Å². The second kappa shape index (κ2) is 8.06. The molecule has 0 aromatic heterocycles. The molecule has 1 aliphatic rings. The van der Waals surface area contributed by atoms with Gasteiger partial charge in [-0.2, -0.15) is 0 Å². The lowest BCUT2D eigenvalue weighted by Gasteiger charge is -2.38. The molecule has 0 spiro atoms. The van der Waals surface area contributed by atoms with Crippen LogP contribution in [0.3, 0.4) is 0 Å². The number of likely N-dealkylation sites (tertiary alicyclic amines) is 1. The quantitative estimate of drug-likeness (QED) is 0.772. The van der Waals surface area contributed by atoms with Gasteiger partial charge in [0.05, 0.1) is 19.7 Å². The summed E-state index contributed by atoms with van der Waals surface area (Å²) in [6.07, 6.45) is 2.11. The van der Waals surface area contributed by atoms with Crippen molar-refractivity contribution in [1.29, 1.82) is 0 Å². The highest BCUT2D eigenvalue weighted by atomic mass is 16.3. The van der Waals surface area contributed by atoms with Gasteiger partial charge in [0.25, 0.3) is 0 Å². The van der Waals surface area contributed by atoms with Gasteiger partial charge in [-0.25, -0.2) is 0 Å². The van der Waals surface area contributed by atoms with Gasteiger partial charge in [-0.15, -0.1) is 0 Å². The molecule has 120 valence electrons. The van der Waals surface area contributed by atoms with E-state index in [0.29, 0.717) is 11.5 Å². The second-order valence-corrected chi connectivity index (χ2v) is 5.91. The fourth-order valence-electron chi connectivity index (χ4n) is 2.97. The van der Waals surface area contributed by atoms with Crippen LogP contribution in [-0.2, 0) is 4.79 Å². The summed E-state index contributed by atoms with van der Waals surface area (Å²) in [4.78, 5) is 26.0. The highest BCUT2D eigenvalue weighted by Gasteiger charge is 2.29. The van der Waals surface area contributed by atoms with Crippen molar-refractivity contribution in [2.24, 2.45) is 5.92 Å². The first-order valence-corrected chi connectivity index (χ1v) is 7.81. The van der Waals surface area contributed by atoms with Crippen LogP contribution in [0.25, 0.3) is 0 Å². The number of hydrogen-bond acceptors (Lipinski definition) is 4. The van der Waals surface area contributed by atoms with E-state index in [1.54, 1.807) is 24.3 Å². The van der Waals surface area contributed by atoms with Gasteiger partial charge in [-0.3, -0.25) is 14.5 Å². The van der Waals surface area contributed by atoms with Crippen molar-refractivity contribution in [3.8, 4) is 0 Å². The Balaban J connectivity index is 1.81. The molecular weight excluding hydrogens is 280 g/mol. The monoisotopic (exact) mass is 304 g/mol. The van der Waals surface area contributed by atoms with E-state index in [9.17, 15) is 14.7 Å². The number of carbonyl (C=O) groups excluding carboxylic acids is 2. The Morgan fingerprint density at radius 2 is 2.05 bits per heavy atom. The summed E-state index contributed by atoms with van der Waals surface area (Å²) in [5.74, 6) is 0.119. The van der Waals surface area contributed by atoms with Crippen LogP contribution in [0.15, 0.2) is 30.3 Å². The first-order chi connectivity index (χ1) is 10.6. The maximum atomic E-state index is 12.0. The zero-order valence-corrected chi connectivity index (χ0v) is 13.0. The molecule has 1 aromatic rings. The lowest BCUT2D eigenvalue weighted by molar-refractivity contribution is -0.123. The van der Waals surface area contributed by atoms with Gasteiger partial charge < -0.3 is 10.4 Å². The van der Waals surface area contributed by atoms with Crippen LogP contribution in [0, 0.1) is 5.92 Å². The summed E-state index contributed by atoms with van der Waals surface area (Å²) in [6, 6.07) is 8.96. The van der Waals surface area contributed by atoms with Gasteiger partial charge in [0, 0.05) is 11.6 Å². The first kappa shape index (κ1) is 16.6. The van der Waals surface area contributed by atoms with Crippen molar-refractivity contribution < 1.29 is 14.7 Å². The van der Waals surface area contributed by atoms with Crippen LogP contribution in [0.5, 0.6) is 0 Å². The predicted molar refractivity (Wildman–Crippen MR) is 84.6 cm³/mol. The van der Waals surface area contributed by atoms with E-state index in [1.165, 1.54) is 0 Å². The van der Waals surface area contributed by atoms with Gasteiger partial charge in [0.2, 0.25) is 5.91 Å². The van der Waals surface area contributed by atoms with E-state index < -0.39 is 0 Å². The number of carbonyl (C=O) groups is 2. The number of ketones is 1. The number of hydrogen-bond donors (Lipinski definition) is 2. The van der Waals surface area contributed by atoms with Crippen molar-refractivity contribution in [2.75, 3.05) is 26.2 Å². The zero-order valence-electron chi connectivity index (χ0n) is 13.0. The summed E-state index contributed by atoms with van der Waals surface area (Å²) >= 11 is 0. The van der Waals surface area contributed by atoms with Crippen LogP contribution in [0.1, 0.15) is 30.1 Å². The second-order valence-electron chi connectivity index (χ2n) is 5.91. The zero-order chi connectivity index (χ0) is 15.9. The van der Waals surface area contributed by atoms with Crippen molar-refractivity contribution in [3.05, 3.63) is 35.9 Å². The van der Waals surface area contributed by atoms with E-state index in [-0.39, 0.29) is 37.4 Å². The van der Waals surface area contributed by atoms with E-state index in [1.807, 2.05) is 11.0 Å². The number of amides is 1. The summed E-state index contributed by atoms with van der Waals surface area (Å²) in [6.45, 7) is 3.23. The van der Waals surface area contributed by atoms with E-state index >= 15 is 0 Å². The minimum absolute atomic E-state index is 0.00995. The standard InChI is InChI=1S/C17H24N2O3/c1-13-6-5-9-19(15(13)12-20)11-17(22)18-10-16(21)14-7-3-2-4-8-14/h2-4,7-8,13,15,20H,5-6,9-12H2,1H3,(H,18,22). The number of Topliss-reactive ketones (excluding diaryl/α,β-unsaturated/α-hetero) is 1. The highest BCUT2D eigenvalue weighted by Crippen LogP contribution is 2.22. The number of aliphatic hydroxyl groups is 1. The third-order valence-electron chi connectivity index (χ3n) is 4.31. The molecule has 1 saturated heterocycles. The van der Waals surface area contributed by atoms with Crippen molar-refractivity contribution in [3.63, 3.8) is 0 Å². The molecule has 0 radical (unpaired) electrons. The van der Waals surface area contributed by atoms with Gasteiger partial charge in [-0.05, 0) is 25.3 Å². The molecule has 5 nitrogen and oxygen atoms in total. The fraction of sp³-hybridized carbons (Fsp3) is 0.529. The Morgan fingerprint density at radius 1 is 1.32 bits per heavy atom. The molecule has 0 saturated carbocycles. The maximum absolute atomic E-state index is 12.0. The molecule has 2 atom stereocenters. The summed E-state index contributed by atoms with van der Waals surface area (Å²) in [5, 5.41) is 12.2. The minimum Gasteiger partial charge on any atom is -0.395 e. The Morgan fingerprint density at radius 3 is 2.73 bits per heavy atom. The molecule has 0 bridgehead atoms. The number of aliphatic hydroxyl groups excluding tert-OH is 1. The van der Waals surface area contributed by atoms with Crippen LogP contribution >= 0.6 is 0 Å². The number of benzene rings is 1. The largest absolute Gasteiger partial charge is 0.395 e. The van der Waals surface area contributed by atoms with Crippen LogP contribution in [-0.4, -0.2) is 54.0 Å². The van der Waals surface area contributed by atoms with Crippen LogP contribution in [0.2, 0.25) is 0 Å². The van der Waals surface area contributed by atoms with E-state index in [2.05, 4.69) is 12.2 Å². The molecular formula is C17H24N2O3. The van der Waals surface area contributed by atoms with Crippen molar-refractivity contribution in [1.82, 2.24) is 10.2 Å². The Hall–Kier alpha value is -1.72. The third kappa shape index (κ3) is 4.39. The average molecular weight is 304 g/mol. The average Bonchev–Trinajstić information content (AvgIpc) is 2.53. The first-order valence-electron chi connectivity index (χ1n) is 7.81. The topological polar surface area (TPSA) is 69.6 Å². The summed E-state index contributed by atoms with van der Waals surface area (Å²) < 4.78 is 0. The summed E-state index contributed by atoms with van der Waals surface area (Å²) in [7, 11) is 0. The maximum Gasteiger partial charge on any atom is 0.234 e. The highest BCUT2D eigenvalue weighted by molar-refractivity contribution is 5.99. The van der Waals surface area contributed by atoms with E-state index in [4.69, 9.17) is 0 Å². The number of nitrogens with zero attached hydrogens (tertiary/aromatic N) is 1. The van der Waals surface area contributed by atoms with Gasteiger partial charge in [-0.1, -0.05) is 37.3 Å². The molecule has 1 heterocycles. The molecule has 1 aliphatic heterocycles. The SMILES string of the molecule is CC1CCCN(CC(=O)NCC(=O)c2ccccc2)C1CO. The number of rotatable bonds is 6. The molecule has 22 heavy (non-hydrogen) atoms. The number of piperidine rings is 1. The molecule has 1 amide bonds. The summed E-state index contributed by atoms with van der Waals surface area (Å²) in [5.41, 5.74) is 0.600. The van der Waals surface area contributed by atoms with Crippen molar-refractivity contribution in [2.45, 2.75) is 25.8 Å². The molecule has 2 N–H and O–H groups in total. The van der Waals surface area contributed by atoms with Gasteiger partial charge >= 0.3 is 0 Å². The molecule has 1 fully saturated rings. The minimum atomic E-state index is -0.170. The Bertz CT molecular complexity index is 504. The third-order valence-corrected chi connectivity index (χ3v) is 4.31. The van der Waals surface area contributed by atoms with Crippen LogP contribution in [0.4, 0.5) is 0 Å². The molecule has 5 heteroatoms. The molecule has 0 aliphatic carbocycles.